The number of hydrogen-bond acceptors (Lipinski definition) is 3. The summed E-state index contributed by atoms with van der Waals surface area (Å²) in [5.74, 6) is -0.858. The number of hydrogen-bond donors (Lipinski definition) is 2. The van der Waals surface area contributed by atoms with Crippen molar-refractivity contribution in [3.05, 3.63) is 42.1 Å². The van der Waals surface area contributed by atoms with Crippen LogP contribution < -0.4 is 5.32 Å². The van der Waals surface area contributed by atoms with Crippen LogP contribution in [0.3, 0.4) is 0 Å². The Labute approximate surface area is 112 Å². The number of nitrogens with one attached hydrogen (secondary N) is 1. The van der Waals surface area contributed by atoms with Crippen molar-refractivity contribution in [2.75, 3.05) is 0 Å². The van der Waals surface area contributed by atoms with Gasteiger partial charge in [0.05, 0.1) is 5.52 Å². The lowest BCUT2D eigenvalue weighted by molar-refractivity contribution is -0.139. The van der Waals surface area contributed by atoms with Crippen molar-refractivity contribution in [1.82, 2.24) is 10.3 Å². The summed E-state index contributed by atoms with van der Waals surface area (Å²) < 4.78 is 0. The van der Waals surface area contributed by atoms with Gasteiger partial charge in [0.15, 0.2) is 0 Å². The van der Waals surface area contributed by atoms with Crippen LogP contribution in [0.4, 0.5) is 0 Å². The highest BCUT2D eigenvalue weighted by Gasteiger charge is 2.21. The number of carboxylic acid groups (broad SMARTS) is 1. The minimum atomic E-state index is -0.858. The van der Waals surface area contributed by atoms with Crippen LogP contribution >= 0.6 is 0 Å². The first kappa shape index (κ1) is 13.5. The molecule has 1 aromatic heterocycles. The van der Waals surface area contributed by atoms with Gasteiger partial charge in [0, 0.05) is 17.6 Å². The fourth-order valence-electron chi connectivity index (χ4n) is 1.99. The molecule has 1 heterocycles. The Morgan fingerprint density at radius 2 is 2.21 bits per heavy atom. The lowest BCUT2D eigenvalue weighted by Crippen LogP contribution is -2.34. The summed E-state index contributed by atoms with van der Waals surface area (Å²) in [5, 5.41) is 13.4. The second kappa shape index (κ2) is 5.80. The maximum Gasteiger partial charge on any atom is 0.325 e. The fourth-order valence-corrected chi connectivity index (χ4v) is 1.99. The summed E-state index contributed by atoms with van der Waals surface area (Å²) in [6.45, 7) is 4.01. The maximum absolute atomic E-state index is 11.4. The molecule has 0 fully saturated rings. The van der Waals surface area contributed by atoms with Crippen LogP contribution in [-0.4, -0.2) is 22.1 Å². The molecule has 2 rings (SSSR count). The van der Waals surface area contributed by atoms with Crippen molar-refractivity contribution in [2.45, 2.75) is 32.4 Å². The summed E-state index contributed by atoms with van der Waals surface area (Å²) in [5.41, 5.74) is 1.63. The Morgan fingerprint density at radius 1 is 1.42 bits per heavy atom. The first-order valence-electron chi connectivity index (χ1n) is 6.45. The molecule has 2 atom stereocenters. The lowest BCUT2D eigenvalue weighted by atomic mass is 10.0. The number of pyridine rings is 1. The van der Waals surface area contributed by atoms with Gasteiger partial charge in [0.25, 0.3) is 0 Å². The van der Waals surface area contributed by atoms with Crippen LogP contribution in [0.5, 0.6) is 0 Å². The predicted molar refractivity (Wildman–Crippen MR) is 75.0 cm³/mol. The topological polar surface area (TPSA) is 62.2 Å². The van der Waals surface area contributed by atoms with E-state index >= 15 is 0 Å². The van der Waals surface area contributed by atoms with Crippen molar-refractivity contribution in [1.29, 1.82) is 0 Å². The Bertz CT molecular complexity index is 583. The first-order chi connectivity index (χ1) is 9.11. The van der Waals surface area contributed by atoms with Gasteiger partial charge in [-0.1, -0.05) is 19.1 Å². The quantitative estimate of drug-likeness (QED) is 0.865. The molecule has 0 saturated heterocycles. The molecule has 0 radical (unpaired) electrons. The van der Waals surface area contributed by atoms with E-state index in [9.17, 15) is 9.90 Å². The molecule has 4 nitrogen and oxygen atoms in total. The number of fused-ring (bicyclic) bond motifs is 1. The minimum absolute atomic E-state index is 0.158. The summed E-state index contributed by atoms with van der Waals surface area (Å²) in [4.78, 5) is 15.6. The number of carbonyl (C=O) groups is 1. The third-order valence-corrected chi connectivity index (χ3v) is 3.27. The molecule has 2 N–H and O–H groups in total. The number of benzene rings is 1. The minimum Gasteiger partial charge on any atom is -0.480 e. The highest BCUT2D eigenvalue weighted by atomic mass is 16.4. The molecule has 0 spiro atoms. The molecule has 100 valence electrons. The van der Waals surface area contributed by atoms with Gasteiger partial charge < -0.3 is 5.11 Å². The number of carboxylic acids is 1. The lowest BCUT2D eigenvalue weighted by Gasteiger charge is -2.19. The normalized spacial score (nSPS) is 14.2. The maximum atomic E-state index is 11.4. The van der Waals surface area contributed by atoms with Crippen molar-refractivity contribution in [3.63, 3.8) is 0 Å². The first-order valence-corrected chi connectivity index (χ1v) is 6.45. The van der Waals surface area contributed by atoms with Gasteiger partial charge in [-0.05, 0) is 37.1 Å². The Hall–Kier alpha value is -1.94. The van der Waals surface area contributed by atoms with Gasteiger partial charge in [-0.25, -0.2) is 0 Å². The molecule has 4 heteroatoms. The van der Waals surface area contributed by atoms with Gasteiger partial charge in [0.1, 0.15) is 6.04 Å². The standard InChI is InChI=1S/C15H18N2O2/c1-3-10(2)17-14(15(18)19)12-6-7-13-11(9-12)5-4-8-16-13/h4-10,14,17H,3H2,1-2H3,(H,18,19). The van der Waals surface area contributed by atoms with Gasteiger partial charge in [-0.15, -0.1) is 0 Å². The summed E-state index contributed by atoms with van der Waals surface area (Å²) >= 11 is 0. The van der Waals surface area contributed by atoms with Crippen LogP contribution in [0.2, 0.25) is 0 Å². The van der Waals surface area contributed by atoms with E-state index in [1.807, 2.05) is 44.2 Å². The monoisotopic (exact) mass is 258 g/mol. The zero-order valence-electron chi connectivity index (χ0n) is 11.1. The Morgan fingerprint density at radius 3 is 2.89 bits per heavy atom. The van der Waals surface area contributed by atoms with Gasteiger partial charge in [-0.3, -0.25) is 15.1 Å². The molecule has 0 aliphatic rings. The van der Waals surface area contributed by atoms with Crippen LogP contribution in [0.15, 0.2) is 36.5 Å². The van der Waals surface area contributed by atoms with Crippen molar-refractivity contribution in [2.24, 2.45) is 0 Å². The van der Waals surface area contributed by atoms with E-state index in [0.717, 1.165) is 22.9 Å². The Balaban J connectivity index is 2.36. The molecule has 1 aromatic carbocycles. The number of nitrogens with zero attached hydrogens (tertiary/aromatic N) is 1. The fraction of sp³-hybridized carbons (Fsp3) is 0.333. The van der Waals surface area contributed by atoms with E-state index in [4.69, 9.17) is 0 Å². The van der Waals surface area contributed by atoms with Gasteiger partial charge in [0.2, 0.25) is 0 Å². The second-order valence-corrected chi connectivity index (χ2v) is 4.70. The average molecular weight is 258 g/mol. The zero-order valence-corrected chi connectivity index (χ0v) is 11.1. The van der Waals surface area contributed by atoms with E-state index < -0.39 is 12.0 Å². The second-order valence-electron chi connectivity index (χ2n) is 4.70. The van der Waals surface area contributed by atoms with Gasteiger partial charge >= 0.3 is 5.97 Å². The molecule has 0 saturated carbocycles. The number of rotatable bonds is 5. The molecule has 0 aliphatic heterocycles. The van der Waals surface area contributed by atoms with Crippen LogP contribution in [0.25, 0.3) is 10.9 Å². The summed E-state index contributed by atoms with van der Waals surface area (Å²) in [6, 6.07) is 8.84. The summed E-state index contributed by atoms with van der Waals surface area (Å²) in [7, 11) is 0. The molecule has 0 amide bonds. The average Bonchev–Trinajstić information content (AvgIpc) is 2.43. The smallest absolute Gasteiger partial charge is 0.325 e. The Kier molecular flexibility index (Phi) is 4.12. The van der Waals surface area contributed by atoms with Crippen molar-refractivity contribution in [3.8, 4) is 0 Å². The molecule has 2 unspecified atom stereocenters. The molecular formula is C15H18N2O2. The zero-order chi connectivity index (χ0) is 13.8. The molecule has 2 aromatic rings. The molecule has 0 bridgehead atoms. The molecular weight excluding hydrogens is 240 g/mol. The highest BCUT2D eigenvalue weighted by Crippen LogP contribution is 2.20. The number of aromatic nitrogens is 1. The van der Waals surface area contributed by atoms with Crippen LogP contribution in [0.1, 0.15) is 31.9 Å². The third-order valence-electron chi connectivity index (χ3n) is 3.27. The summed E-state index contributed by atoms with van der Waals surface area (Å²) in [6.07, 6.45) is 2.62. The van der Waals surface area contributed by atoms with E-state index in [-0.39, 0.29) is 6.04 Å². The van der Waals surface area contributed by atoms with Crippen LogP contribution in [0, 0.1) is 0 Å². The predicted octanol–water partition coefficient (Wildman–Crippen LogP) is 2.75. The van der Waals surface area contributed by atoms with Crippen molar-refractivity contribution >= 4 is 16.9 Å². The van der Waals surface area contributed by atoms with Crippen molar-refractivity contribution < 1.29 is 9.90 Å². The molecule has 0 aliphatic carbocycles. The van der Waals surface area contributed by atoms with Crippen LogP contribution in [-0.2, 0) is 4.79 Å². The number of aliphatic carboxylic acids is 1. The molecule has 19 heavy (non-hydrogen) atoms. The largest absolute Gasteiger partial charge is 0.480 e. The highest BCUT2D eigenvalue weighted by molar-refractivity contribution is 5.82. The van der Waals surface area contributed by atoms with E-state index in [2.05, 4.69) is 10.3 Å². The van der Waals surface area contributed by atoms with E-state index in [0.29, 0.717) is 0 Å². The van der Waals surface area contributed by atoms with E-state index in [1.54, 1.807) is 6.20 Å². The third kappa shape index (κ3) is 3.09. The van der Waals surface area contributed by atoms with Gasteiger partial charge in [-0.2, -0.15) is 0 Å². The van der Waals surface area contributed by atoms with E-state index in [1.165, 1.54) is 0 Å². The SMILES string of the molecule is CCC(C)NC(C(=O)O)c1ccc2ncccc2c1.